The lowest BCUT2D eigenvalue weighted by Gasteiger charge is -2.25. The van der Waals surface area contributed by atoms with Gasteiger partial charge in [-0.2, -0.15) is 26.3 Å². The molecule has 0 aromatic rings. The van der Waals surface area contributed by atoms with E-state index in [-0.39, 0.29) is 0 Å². The van der Waals surface area contributed by atoms with Crippen molar-refractivity contribution in [3.05, 3.63) is 0 Å². The fourth-order valence-corrected chi connectivity index (χ4v) is 0.900. The van der Waals surface area contributed by atoms with Crippen LogP contribution in [0, 0.1) is 5.92 Å². The maximum absolute atomic E-state index is 12.1. The van der Waals surface area contributed by atoms with Gasteiger partial charge in [0.05, 0.1) is 0 Å². The van der Waals surface area contributed by atoms with Crippen LogP contribution in [-0.4, -0.2) is 30.3 Å². The van der Waals surface area contributed by atoms with Crippen molar-refractivity contribution in [3.8, 4) is 0 Å². The van der Waals surface area contributed by atoms with Crippen molar-refractivity contribution in [2.45, 2.75) is 31.7 Å². The highest BCUT2D eigenvalue weighted by Gasteiger charge is 2.61. The second kappa shape index (κ2) is 4.71. The summed E-state index contributed by atoms with van der Waals surface area (Å²) in [4.78, 5) is 10.9. The molecule has 0 spiro atoms. The molecule has 0 atom stereocenters. The summed E-state index contributed by atoms with van der Waals surface area (Å²) in [6, 6.07) is 0. The summed E-state index contributed by atoms with van der Waals surface area (Å²) in [5.74, 6) is -6.18. The minimum atomic E-state index is -5.68. The Morgan fingerprint density at radius 1 is 1.12 bits per heavy atom. The van der Waals surface area contributed by atoms with Crippen LogP contribution >= 0.6 is 0 Å². The minimum absolute atomic E-state index is 0.492. The Balaban J connectivity index is 4.81. The van der Waals surface area contributed by atoms with Gasteiger partial charge in [-0.1, -0.05) is 0 Å². The third kappa shape index (κ3) is 5.76. The Morgan fingerprint density at radius 3 is 1.71 bits per heavy atom. The van der Waals surface area contributed by atoms with Gasteiger partial charge in [0.25, 0.3) is 0 Å². The van der Waals surface area contributed by atoms with Crippen molar-refractivity contribution < 1.29 is 31.1 Å². The van der Waals surface area contributed by atoms with Crippen LogP contribution in [0.1, 0.15) is 13.8 Å². The molecule has 0 aliphatic carbocycles. The zero-order chi connectivity index (χ0) is 14.1. The Bertz CT molecular complexity index is 263. The highest BCUT2D eigenvalue weighted by atomic mass is 19.4. The number of alkyl halides is 6. The number of amides is 1. The first-order valence-electron chi connectivity index (χ1n) is 4.45. The predicted molar refractivity (Wildman–Crippen MR) is 46.9 cm³/mol. The van der Waals surface area contributed by atoms with Crippen LogP contribution in [-0.2, 0) is 4.79 Å². The smallest absolute Gasteiger partial charge is 0.353 e. The molecule has 0 saturated heterocycles. The maximum Gasteiger partial charge on any atom is 0.409 e. The van der Waals surface area contributed by atoms with E-state index in [1.807, 2.05) is 0 Å². The van der Waals surface area contributed by atoms with Gasteiger partial charge in [-0.25, -0.2) is 0 Å². The van der Waals surface area contributed by atoms with E-state index in [1.165, 1.54) is 19.2 Å². The SMILES string of the molecule is CC(C)(N)CNC(=O)C(C(F)(F)F)C(F)(F)F. The van der Waals surface area contributed by atoms with E-state index in [0.29, 0.717) is 0 Å². The van der Waals surface area contributed by atoms with Crippen LogP contribution in [0.25, 0.3) is 0 Å². The zero-order valence-electron chi connectivity index (χ0n) is 9.04. The molecule has 17 heavy (non-hydrogen) atoms. The predicted octanol–water partition coefficient (Wildman–Crippen LogP) is 1.58. The summed E-state index contributed by atoms with van der Waals surface area (Å²) in [5.41, 5.74) is 4.22. The topological polar surface area (TPSA) is 55.1 Å². The van der Waals surface area contributed by atoms with Gasteiger partial charge >= 0.3 is 12.4 Å². The lowest BCUT2D eigenvalue weighted by molar-refractivity contribution is -0.274. The summed E-state index contributed by atoms with van der Waals surface area (Å²) >= 11 is 0. The number of carbonyl (C=O) groups excluding carboxylic acids is 1. The van der Waals surface area contributed by atoms with Crippen molar-refractivity contribution >= 4 is 5.91 Å². The second-order valence-electron chi connectivity index (χ2n) is 4.22. The normalized spacial score (nSPS) is 14.0. The Morgan fingerprint density at radius 2 is 1.47 bits per heavy atom. The summed E-state index contributed by atoms with van der Waals surface area (Å²) in [7, 11) is 0. The number of nitrogens with one attached hydrogen (secondary N) is 1. The first-order chi connectivity index (χ1) is 7.25. The highest BCUT2D eigenvalue weighted by molar-refractivity contribution is 5.80. The average Bonchev–Trinajstić information content (AvgIpc) is 1.93. The van der Waals surface area contributed by atoms with Gasteiger partial charge in [-0.05, 0) is 13.8 Å². The van der Waals surface area contributed by atoms with Crippen LogP contribution in [0.3, 0.4) is 0 Å². The molecule has 0 aromatic carbocycles. The van der Waals surface area contributed by atoms with Crippen molar-refractivity contribution in [2.24, 2.45) is 11.7 Å². The van der Waals surface area contributed by atoms with Crippen LogP contribution in [0.5, 0.6) is 0 Å². The van der Waals surface area contributed by atoms with Crippen LogP contribution in [0.2, 0.25) is 0 Å². The fraction of sp³-hybridized carbons (Fsp3) is 0.875. The van der Waals surface area contributed by atoms with Gasteiger partial charge in [0.1, 0.15) is 0 Å². The molecular weight excluding hydrogens is 254 g/mol. The van der Waals surface area contributed by atoms with E-state index in [1.54, 1.807) is 0 Å². The Labute approximate surface area is 93.3 Å². The second-order valence-corrected chi connectivity index (χ2v) is 4.22. The quantitative estimate of drug-likeness (QED) is 0.762. The van der Waals surface area contributed by atoms with Crippen molar-refractivity contribution in [1.82, 2.24) is 5.32 Å². The van der Waals surface area contributed by atoms with E-state index in [9.17, 15) is 31.1 Å². The summed E-state index contributed by atoms with van der Waals surface area (Å²) < 4.78 is 72.4. The van der Waals surface area contributed by atoms with Gasteiger partial charge in [-0.15, -0.1) is 0 Å². The number of rotatable bonds is 3. The third-order valence-corrected chi connectivity index (χ3v) is 1.64. The number of hydrogen-bond acceptors (Lipinski definition) is 2. The number of carbonyl (C=O) groups is 1. The molecule has 0 aliphatic rings. The maximum atomic E-state index is 12.1. The van der Waals surface area contributed by atoms with E-state index in [0.717, 1.165) is 0 Å². The minimum Gasteiger partial charge on any atom is -0.353 e. The number of hydrogen-bond donors (Lipinski definition) is 2. The molecule has 0 bridgehead atoms. The molecule has 0 unspecified atom stereocenters. The van der Waals surface area contributed by atoms with Gasteiger partial charge in [0.2, 0.25) is 11.8 Å². The molecule has 1 amide bonds. The summed E-state index contributed by atoms with van der Waals surface area (Å²) in [6.07, 6.45) is -11.4. The van der Waals surface area contributed by atoms with Gasteiger partial charge in [0.15, 0.2) is 0 Å². The lowest BCUT2D eigenvalue weighted by Crippen LogP contribution is -2.52. The average molecular weight is 266 g/mol. The molecule has 0 rings (SSSR count). The fourth-order valence-electron chi connectivity index (χ4n) is 0.900. The van der Waals surface area contributed by atoms with Crippen molar-refractivity contribution in [1.29, 1.82) is 0 Å². The van der Waals surface area contributed by atoms with Crippen molar-refractivity contribution in [3.63, 3.8) is 0 Å². The summed E-state index contributed by atoms with van der Waals surface area (Å²) in [6.45, 7) is 2.21. The molecule has 9 heteroatoms. The number of halogens is 6. The largest absolute Gasteiger partial charge is 0.409 e. The standard InChI is InChI=1S/C8H12F6N2O/c1-6(2,15)3-16-5(17)4(7(9,10)11)8(12,13)14/h4H,3,15H2,1-2H3,(H,16,17). The molecule has 0 saturated carbocycles. The van der Waals surface area contributed by atoms with E-state index in [4.69, 9.17) is 5.73 Å². The molecule has 3 N–H and O–H groups in total. The third-order valence-electron chi connectivity index (χ3n) is 1.64. The van der Waals surface area contributed by atoms with Gasteiger partial charge in [-0.3, -0.25) is 4.79 Å². The number of nitrogens with two attached hydrogens (primary N) is 1. The molecular formula is C8H12F6N2O. The van der Waals surface area contributed by atoms with Gasteiger partial charge < -0.3 is 11.1 Å². The zero-order valence-corrected chi connectivity index (χ0v) is 9.04. The highest BCUT2D eigenvalue weighted by Crippen LogP contribution is 2.39. The Hall–Kier alpha value is -0.990. The van der Waals surface area contributed by atoms with E-state index in [2.05, 4.69) is 0 Å². The molecule has 0 radical (unpaired) electrons. The molecule has 102 valence electrons. The van der Waals surface area contributed by atoms with Crippen molar-refractivity contribution in [2.75, 3.05) is 6.54 Å². The van der Waals surface area contributed by atoms with E-state index >= 15 is 0 Å². The van der Waals surface area contributed by atoms with Crippen LogP contribution < -0.4 is 11.1 Å². The molecule has 0 fully saturated rings. The molecule has 0 aromatic heterocycles. The van der Waals surface area contributed by atoms with Crippen LogP contribution in [0.4, 0.5) is 26.3 Å². The monoisotopic (exact) mass is 266 g/mol. The lowest BCUT2D eigenvalue weighted by atomic mass is 10.1. The van der Waals surface area contributed by atoms with Gasteiger partial charge in [0, 0.05) is 12.1 Å². The first-order valence-corrected chi connectivity index (χ1v) is 4.45. The Kier molecular flexibility index (Phi) is 4.44. The molecule has 0 heterocycles. The first kappa shape index (κ1) is 16.0. The molecule has 0 aliphatic heterocycles. The molecule has 3 nitrogen and oxygen atoms in total. The van der Waals surface area contributed by atoms with E-state index < -0.39 is 36.3 Å². The summed E-state index contributed by atoms with van der Waals surface area (Å²) in [5, 5.41) is 1.53. The van der Waals surface area contributed by atoms with Crippen LogP contribution in [0.15, 0.2) is 0 Å².